The topological polar surface area (TPSA) is 32.3 Å². The Morgan fingerprint density at radius 1 is 1.24 bits per heavy atom. The molecule has 2 rings (SSSR count). The predicted molar refractivity (Wildman–Crippen MR) is 88.7 cm³/mol. The first-order valence-electron chi connectivity index (χ1n) is 8.19. The molecule has 1 aliphatic rings. The molecule has 0 atom stereocenters. The monoisotopic (exact) mass is 288 g/mol. The third-order valence-corrected chi connectivity index (χ3v) is 4.29. The van der Waals surface area contributed by atoms with Crippen molar-refractivity contribution in [3.05, 3.63) is 29.8 Å². The predicted octanol–water partition coefficient (Wildman–Crippen LogP) is 3.66. The van der Waals surface area contributed by atoms with E-state index in [1.807, 2.05) is 0 Å². The van der Waals surface area contributed by atoms with Crippen LogP contribution >= 0.6 is 0 Å². The molecule has 1 aliphatic carbocycles. The van der Waals surface area contributed by atoms with Crippen molar-refractivity contribution in [1.82, 2.24) is 5.32 Å². The Kier molecular flexibility index (Phi) is 5.66. The van der Waals surface area contributed by atoms with Gasteiger partial charge in [0, 0.05) is 30.7 Å². The summed E-state index contributed by atoms with van der Waals surface area (Å²) >= 11 is 0. The second-order valence-electron chi connectivity index (χ2n) is 6.42. The van der Waals surface area contributed by atoms with Crippen LogP contribution in [0.1, 0.15) is 51.5 Å². The van der Waals surface area contributed by atoms with E-state index in [2.05, 4.69) is 55.3 Å². The van der Waals surface area contributed by atoms with E-state index < -0.39 is 0 Å². The quantitative estimate of drug-likeness (QED) is 0.866. The molecule has 1 aromatic carbocycles. The van der Waals surface area contributed by atoms with Gasteiger partial charge >= 0.3 is 0 Å². The highest BCUT2D eigenvalue weighted by molar-refractivity contribution is 5.77. The molecule has 1 fully saturated rings. The largest absolute Gasteiger partial charge is 0.369 e. The SMILES string of the molecule is Cc1ccc(N(CCC(=O)NC2CCCC2)C(C)C)cc1. The van der Waals surface area contributed by atoms with Gasteiger partial charge in [0.05, 0.1) is 0 Å². The Morgan fingerprint density at radius 3 is 2.43 bits per heavy atom. The van der Waals surface area contributed by atoms with E-state index in [1.165, 1.54) is 24.1 Å². The fourth-order valence-corrected chi connectivity index (χ4v) is 3.01. The Morgan fingerprint density at radius 2 is 1.86 bits per heavy atom. The van der Waals surface area contributed by atoms with Gasteiger partial charge in [0.25, 0.3) is 0 Å². The lowest BCUT2D eigenvalue weighted by Gasteiger charge is -2.29. The second kappa shape index (κ2) is 7.48. The van der Waals surface area contributed by atoms with Crippen LogP contribution in [0.25, 0.3) is 0 Å². The number of rotatable bonds is 6. The molecule has 1 N–H and O–H groups in total. The molecule has 0 radical (unpaired) electrons. The normalized spacial score (nSPS) is 15.4. The Labute approximate surface area is 128 Å². The molecule has 0 aliphatic heterocycles. The molecule has 21 heavy (non-hydrogen) atoms. The number of anilines is 1. The fraction of sp³-hybridized carbons (Fsp3) is 0.611. The molecular formula is C18H28N2O. The second-order valence-corrected chi connectivity index (χ2v) is 6.42. The lowest BCUT2D eigenvalue weighted by atomic mass is 10.1. The summed E-state index contributed by atoms with van der Waals surface area (Å²) in [7, 11) is 0. The number of hydrogen-bond acceptors (Lipinski definition) is 2. The van der Waals surface area contributed by atoms with Crippen LogP contribution in [0.5, 0.6) is 0 Å². The maximum absolute atomic E-state index is 12.1. The highest BCUT2D eigenvalue weighted by Crippen LogP contribution is 2.19. The molecule has 116 valence electrons. The molecular weight excluding hydrogens is 260 g/mol. The molecule has 0 bridgehead atoms. The summed E-state index contributed by atoms with van der Waals surface area (Å²) in [4.78, 5) is 14.4. The fourth-order valence-electron chi connectivity index (χ4n) is 3.01. The number of aryl methyl sites for hydroxylation is 1. The number of amides is 1. The van der Waals surface area contributed by atoms with Gasteiger partial charge in [0.15, 0.2) is 0 Å². The van der Waals surface area contributed by atoms with Gasteiger partial charge in [-0.1, -0.05) is 30.5 Å². The number of carbonyl (C=O) groups is 1. The van der Waals surface area contributed by atoms with E-state index in [1.54, 1.807) is 0 Å². The third kappa shape index (κ3) is 4.76. The van der Waals surface area contributed by atoms with Crippen LogP contribution < -0.4 is 10.2 Å². The summed E-state index contributed by atoms with van der Waals surface area (Å²) in [5.74, 6) is 0.194. The zero-order chi connectivity index (χ0) is 15.2. The van der Waals surface area contributed by atoms with Crippen LogP contribution in [0.15, 0.2) is 24.3 Å². The molecule has 3 heteroatoms. The van der Waals surface area contributed by atoms with Crippen molar-refractivity contribution in [2.45, 2.75) is 65.0 Å². The van der Waals surface area contributed by atoms with Crippen molar-refractivity contribution in [3.63, 3.8) is 0 Å². The van der Waals surface area contributed by atoms with E-state index >= 15 is 0 Å². The average molecular weight is 288 g/mol. The third-order valence-electron chi connectivity index (χ3n) is 4.29. The number of hydrogen-bond donors (Lipinski definition) is 1. The van der Waals surface area contributed by atoms with Crippen molar-refractivity contribution in [2.24, 2.45) is 0 Å². The Hall–Kier alpha value is -1.51. The molecule has 3 nitrogen and oxygen atoms in total. The van der Waals surface area contributed by atoms with E-state index in [0.29, 0.717) is 18.5 Å². The zero-order valence-corrected chi connectivity index (χ0v) is 13.6. The lowest BCUT2D eigenvalue weighted by molar-refractivity contribution is -0.121. The van der Waals surface area contributed by atoms with E-state index in [4.69, 9.17) is 0 Å². The summed E-state index contributed by atoms with van der Waals surface area (Å²) < 4.78 is 0. The smallest absolute Gasteiger partial charge is 0.221 e. The van der Waals surface area contributed by atoms with Crippen LogP contribution in [0, 0.1) is 6.92 Å². The van der Waals surface area contributed by atoms with Crippen LogP contribution in [0.2, 0.25) is 0 Å². The molecule has 0 heterocycles. The van der Waals surface area contributed by atoms with Crippen molar-refractivity contribution < 1.29 is 4.79 Å². The number of carbonyl (C=O) groups excluding carboxylic acids is 1. The Bertz CT molecular complexity index is 447. The van der Waals surface area contributed by atoms with Crippen LogP contribution in [-0.4, -0.2) is 24.5 Å². The van der Waals surface area contributed by atoms with Gasteiger partial charge in [-0.3, -0.25) is 4.79 Å². The van der Waals surface area contributed by atoms with Gasteiger partial charge in [0.1, 0.15) is 0 Å². The van der Waals surface area contributed by atoms with E-state index in [0.717, 1.165) is 19.4 Å². The van der Waals surface area contributed by atoms with Gasteiger partial charge in [-0.25, -0.2) is 0 Å². The average Bonchev–Trinajstić information content (AvgIpc) is 2.93. The van der Waals surface area contributed by atoms with E-state index in [-0.39, 0.29) is 5.91 Å². The van der Waals surface area contributed by atoms with Gasteiger partial charge in [-0.05, 0) is 45.7 Å². The minimum Gasteiger partial charge on any atom is -0.369 e. The Balaban J connectivity index is 1.87. The summed E-state index contributed by atoms with van der Waals surface area (Å²) in [6.07, 6.45) is 5.39. The summed E-state index contributed by atoms with van der Waals surface area (Å²) in [5.41, 5.74) is 2.46. The minimum atomic E-state index is 0.194. The van der Waals surface area contributed by atoms with Crippen LogP contribution in [0.3, 0.4) is 0 Å². The zero-order valence-electron chi connectivity index (χ0n) is 13.6. The standard InChI is InChI=1S/C18H28N2O/c1-14(2)20(17-10-8-15(3)9-11-17)13-12-18(21)19-16-6-4-5-7-16/h8-11,14,16H,4-7,12-13H2,1-3H3,(H,19,21). The first-order chi connectivity index (χ1) is 10.1. The van der Waals surface area contributed by atoms with E-state index in [9.17, 15) is 4.79 Å². The van der Waals surface area contributed by atoms with Crippen LogP contribution in [0.4, 0.5) is 5.69 Å². The van der Waals surface area contributed by atoms with Gasteiger partial charge in [-0.2, -0.15) is 0 Å². The summed E-state index contributed by atoms with van der Waals surface area (Å²) in [6, 6.07) is 9.36. The summed E-state index contributed by atoms with van der Waals surface area (Å²) in [6.45, 7) is 7.22. The van der Waals surface area contributed by atoms with Crippen LogP contribution in [-0.2, 0) is 4.79 Å². The number of nitrogens with one attached hydrogen (secondary N) is 1. The molecule has 1 saturated carbocycles. The van der Waals surface area contributed by atoms with Gasteiger partial charge in [0.2, 0.25) is 5.91 Å². The summed E-state index contributed by atoms with van der Waals surface area (Å²) in [5, 5.41) is 3.17. The van der Waals surface area contributed by atoms with Crippen molar-refractivity contribution >= 4 is 11.6 Å². The lowest BCUT2D eigenvalue weighted by Crippen LogP contribution is -2.38. The van der Waals surface area contributed by atoms with Crippen molar-refractivity contribution in [1.29, 1.82) is 0 Å². The molecule has 1 amide bonds. The minimum absolute atomic E-state index is 0.194. The number of nitrogens with zero attached hydrogens (tertiary/aromatic N) is 1. The van der Waals surface area contributed by atoms with Crippen molar-refractivity contribution in [2.75, 3.05) is 11.4 Å². The molecule has 0 saturated heterocycles. The molecule has 1 aromatic rings. The molecule has 0 spiro atoms. The first kappa shape index (κ1) is 15.9. The molecule has 0 aromatic heterocycles. The van der Waals surface area contributed by atoms with Crippen molar-refractivity contribution in [3.8, 4) is 0 Å². The highest BCUT2D eigenvalue weighted by atomic mass is 16.1. The molecule has 0 unspecified atom stereocenters. The first-order valence-corrected chi connectivity index (χ1v) is 8.19. The highest BCUT2D eigenvalue weighted by Gasteiger charge is 2.18. The maximum Gasteiger partial charge on any atom is 0.221 e. The maximum atomic E-state index is 12.1. The van der Waals surface area contributed by atoms with Gasteiger partial charge in [-0.15, -0.1) is 0 Å². The van der Waals surface area contributed by atoms with Gasteiger partial charge < -0.3 is 10.2 Å². The number of benzene rings is 1.